The topological polar surface area (TPSA) is 46.7 Å². The van der Waals surface area contributed by atoms with Crippen LogP contribution in [0, 0.1) is 11.8 Å². The van der Waals surface area contributed by atoms with Crippen LogP contribution in [0.1, 0.15) is 26.2 Å². The molecule has 1 saturated heterocycles. The second-order valence-corrected chi connectivity index (χ2v) is 6.78. The zero-order valence-corrected chi connectivity index (χ0v) is 12.3. The molecule has 106 valence electrons. The molecule has 1 heterocycles. The lowest BCUT2D eigenvalue weighted by Gasteiger charge is -2.08. The quantitative estimate of drug-likeness (QED) is 0.362. The number of ether oxygens (including phenoxy) is 1. The van der Waals surface area contributed by atoms with Crippen molar-refractivity contribution in [2.45, 2.75) is 42.1 Å². The van der Waals surface area contributed by atoms with E-state index in [0.29, 0.717) is 0 Å². The molecule has 2 atom stereocenters. The maximum Gasteiger partial charge on any atom is 0.230 e. The van der Waals surface area contributed by atoms with E-state index in [1.807, 2.05) is 0 Å². The largest absolute Gasteiger partial charge is 0.331 e. The number of sulfone groups is 1. The molecule has 1 aromatic rings. The fraction of sp³-hybridized carbons (Fsp3) is 0.375. The Kier molecular flexibility index (Phi) is 4.32. The molecule has 0 aliphatic carbocycles. The van der Waals surface area contributed by atoms with Gasteiger partial charge in [-0.3, -0.25) is 0 Å². The van der Waals surface area contributed by atoms with Gasteiger partial charge in [-0.05, 0) is 24.6 Å². The number of hydrogen-bond acceptors (Lipinski definition) is 3. The summed E-state index contributed by atoms with van der Waals surface area (Å²) in [5, 5.41) is 0. The summed E-state index contributed by atoms with van der Waals surface area (Å²) in [5.74, 6) is 5.86. The van der Waals surface area contributed by atoms with Gasteiger partial charge in [0.2, 0.25) is 14.8 Å². The highest BCUT2D eigenvalue weighted by atomic mass is 32.2. The molecule has 1 aliphatic heterocycles. The molecule has 0 saturated carbocycles. The highest BCUT2D eigenvalue weighted by molar-refractivity contribution is 7.93. The number of rotatable bonds is 5. The van der Waals surface area contributed by atoms with Gasteiger partial charge in [-0.25, -0.2) is 8.42 Å². The molecule has 1 fully saturated rings. The van der Waals surface area contributed by atoms with Crippen molar-refractivity contribution in [3.05, 3.63) is 43.0 Å². The Hall–Kier alpha value is -1.57. The van der Waals surface area contributed by atoms with Crippen LogP contribution in [0.15, 0.2) is 47.9 Å². The summed E-state index contributed by atoms with van der Waals surface area (Å²) in [6.07, 6.45) is 3.56. The smallest absolute Gasteiger partial charge is 0.230 e. The summed E-state index contributed by atoms with van der Waals surface area (Å²) >= 11 is 0. The van der Waals surface area contributed by atoms with Gasteiger partial charge < -0.3 is 4.74 Å². The normalized spacial score (nSPS) is 24.6. The summed E-state index contributed by atoms with van der Waals surface area (Å²) in [6, 6.07) is 8.27. The molecule has 1 aromatic carbocycles. The molecule has 4 heteroatoms. The van der Waals surface area contributed by atoms with E-state index in [-0.39, 0.29) is 4.90 Å². The van der Waals surface area contributed by atoms with E-state index in [2.05, 4.69) is 25.3 Å². The van der Waals surface area contributed by atoms with Gasteiger partial charge in [-0.15, -0.1) is 5.92 Å². The summed E-state index contributed by atoms with van der Waals surface area (Å²) in [6.45, 7) is 5.70. The van der Waals surface area contributed by atoms with Gasteiger partial charge in [0.15, 0.2) is 6.10 Å². The summed E-state index contributed by atoms with van der Waals surface area (Å²) in [7, 11) is -3.61. The van der Waals surface area contributed by atoms with Crippen molar-refractivity contribution in [2.75, 3.05) is 0 Å². The lowest BCUT2D eigenvalue weighted by molar-refractivity contribution is 0.388. The molecule has 0 spiro atoms. The standard InChI is InChI=1S/C16H18O3S/c1-3-5-6-10-13-15-16(4-2,19-15)20(17,18)14-11-8-7-9-12-14/h4,7-9,11-12,15H,2-3,5-6H2,1H3/t15-,16+/m0/s1. The minimum absolute atomic E-state index is 0.234. The van der Waals surface area contributed by atoms with Crippen molar-refractivity contribution < 1.29 is 13.2 Å². The van der Waals surface area contributed by atoms with Crippen LogP contribution in [0.4, 0.5) is 0 Å². The van der Waals surface area contributed by atoms with E-state index >= 15 is 0 Å². The number of epoxide rings is 1. The van der Waals surface area contributed by atoms with Gasteiger partial charge in [0, 0.05) is 6.42 Å². The van der Waals surface area contributed by atoms with Gasteiger partial charge >= 0.3 is 0 Å². The Morgan fingerprint density at radius 3 is 2.70 bits per heavy atom. The first-order valence-electron chi connectivity index (χ1n) is 6.68. The first kappa shape index (κ1) is 14.8. The van der Waals surface area contributed by atoms with Gasteiger partial charge in [0.05, 0.1) is 4.90 Å². The number of benzene rings is 1. The first-order valence-corrected chi connectivity index (χ1v) is 8.16. The second-order valence-electron chi connectivity index (χ2n) is 4.66. The zero-order chi connectivity index (χ0) is 14.6. The van der Waals surface area contributed by atoms with Gasteiger partial charge in [-0.2, -0.15) is 0 Å². The summed E-state index contributed by atoms with van der Waals surface area (Å²) in [4.78, 5) is -1.15. The third-order valence-corrected chi connectivity index (χ3v) is 5.47. The van der Waals surface area contributed by atoms with E-state index in [4.69, 9.17) is 4.74 Å². The van der Waals surface area contributed by atoms with E-state index in [9.17, 15) is 8.42 Å². The number of unbranched alkanes of at least 4 members (excludes halogenated alkanes) is 2. The lowest BCUT2D eigenvalue weighted by Crippen LogP contribution is -2.25. The molecule has 3 nitrogen and oxygen atoms in total. The lowest BCUT2D eigenvalue weighted by atomic mass is 10.2. The molecular weight excluding hydrogens is 272 g/mol. The van der Waals surface area contributed by atoms with Crippen molar-refractivity contribution in [3.63, 3.8) is 0 Å². The van der Waals surface area contributed by atoms with Gasteiger partial charge in [-0.1, -0.05) is 44.0 Å². The Morgan fingerprint density at radius 2 is 2.10 bits per heavy atom. The van der Waals surface area contributed by atoms with E-state index in [1.165, 1.54) is 6.08 Å². The van der Waals surface area contributed by atoms with Gasteiger partial charge in [0.25, 0.3) is 0 Å². The third kappa shape index (κ3) is 2.52. The molecule has 1 aliphatic rings. The maximum atomic E-state index is 12.6. The first-order chi connectivity index (χ1) is 9.58. The summed E-state index contributed by atoms with van der Waals surface area (Å²) in [5.41, 5.74) is 0. The zero-order valence-electron chi connectivity index (χ0n) is 11.5. The van der Waals surface area contributed by atoms with Crippen molar-refractivity contribution >= 4 is 9.84 Å². The van der Waals surface area contributed by atoms with Crippen LogP contribution >= 0.6 is 0 Å². The Morgan fingerprint density at radius 1 is 1.40 bits per heavy atom. The van der Waals surface area contributed by atoms with Crippen molar-refractivity contribution in [1.82, 2.24) is 0 Å². The Bertz CT molecular complexity index is 637. The minimum Gasteiger partial charge on any atom is -0.331 e. The molecule has 0 radical (unpaired) electrons. The molecule has 0 unspecified atom stereocenters. The predicted octanol–water partition coefficient (Wildman–Crippen LogP) is 2.94. The molecule has 0 amide bonds. The molecule has 0 aromatic heterocycles. The van der Waals surface area contributed by atoms with Crippen LogP contribution in [0.5, 0.6) is 0 Å². The van der Waals surface area contributed by atoms with Crippen molar-refractivity contribution in [2.24, 2.45) is 0 Å². The fourth-order valence-electron chi connectivity index (χ4n) is 1.96. The SMILES string of the molecule is C=C[C@]1(S(=O)(=O)c2ccccc2)O[C@H]1C#CCCCC. The maximum absolute atomic E-state index is 12.6. The fourth-order valence-corrected chi connectivity index (χ4v) is 3.63. The average molecular weight is 290 g/mol. The van der Waals surface area contributed by atoms with Crippen LogP contribution in [-0.4, -0.2) is 19.5 Å². The van der Waals surface area contributed by atoms with Crippen molar-refractivity contribution in [3.8, 4) is 11.8 Å². The Labute approximate surface area is 120 Å². The van der Waals surface area contributed by atoms with Crippen LogP contribution in [-0.2, 0) is 14.6 Å². The molecule has 2 rings (SSSR count). The predicted molar refractivity (Wildman–Crippen MR) is 78.7 cm³/mol. The second kappa shape index (κ2) is 5.82. The monoisotopic (exact) mass is 290 g/mol. The van der Waals surface area contributed by atoms with Gasteiger partial charge in [0.1, 0.15) is 0 Å². The number of hydrogen-bond donors (Lipinski definition) is 0. The molecular formula is C16H18O3S. The van der Waals surface area contributed by atoms with E-state index in [1.54, 1.807) is 30.3 Å². The van der Waals surface area contributed by atoms with E-state index < -0.39 is 20.9 Å². The minimum atomic E-state index is -3.61. The molecule has 20 heavy (non-hydrogen) atoms. The van der Waals surface area contributed by atoms with Crippen molar-refractivity contribution in [1.29, 1.82) is 0 Å². The summed E-state index contributed by atoms with van der Waals surface area (Å²) < 4.78 is 30.5. The Balaban J connectivity index is 2.22. The van der Waals surface area contributed by atoms with Crippen LogP contribution in [0.3, 0.4) is 0 Å². The average Bonchev–Trinajstić information content (AvgIpc) is 3.20. The van der Waals surface area contributed by atoms with Crippen LogP contribution < -0.4 is 0 Å². The van der Waals surface area contributed by atoms with Crippen LogP contribution in [0.25, 0.3) is 0 Å². The van der Waals surface area contributed by atoms with E-state index in [0.717, 1.165) is 19.3 Å². The highest BCUT2D eigenvalue weighted by Gasteiger charge is 2.64. The van der Waals surface area contributed by atoms with Crippen LogP contribution in [0.2, 0.25) is 0 Å². The third-order valence-electron chi connectivity index (χ3n) is 3.26. The molecule has 0 N–H and O–H groups in total. The highest BCUT2D eigenvalue weighted by Crippen LogP contribution is 2.45. The molecule has 0 bridgehead atoms.